The molecule has 144 valence electrons. The Hall–Kier alpha value is -2.63. The molecule has 1 amide bonds. The number of piperazine rings is 1. The highest BCUT2D eigenvalue weighted by atomic mass is 16.1. The Morgan fingerprint density at radius 2 is 1.85 bits per heavy atom. The maximum Gasteiger partial charge on any atom is 0.271 e. The minimum absolute atomic E-state index is 0.154. The van der Waals surface area contributed by atoms with E-state index in [1.807, 2.05) is 0 Å². The Bertz CT molecular complexity index is 751. The number of hydrogen-bond donors (Lipinski definition) is 1. The fraction of sp³-hybridized carbons (Fsp3) is 0.476. The summed E-state index contributed by atoms with van der Waals surface area (Å²) in [7, 11) is 0. The second kappa shape index (κ2) is 8.84. The first kappa shape index (κ1) is 19.1. The maximum atomic E-state index is 12.1. The first-order valence-corrected chi connectivity index (χ1v) is 9.70. The zero-order valence-corrected chi connectivity index (χ0v) is 16.5. The summed E-state index contributed by atoms with van der Waals surface area (Å²) in [6.07, 6.45) is 4.25. The molecule has 1 aliphatic rings. The minimum Gasteiger partial charge on any atom is -0.368 e. The first-order valence-electron chi connectivity index (χ1n) is 9.70. The summed E-state index contributed by atoms with van der Waals surface area (Å²) in [5.41, 5.74) is 2.93. The lowest BCUT2D eigenvalue weighted by Crippen LogP contribution is -2.46. The summed E-state index contributed by atoms with van der Waals surface area (Å²) in [5, 5.41) is 2.90. The molecule has 0 aliphatic carbocycles. The van der Waals surface area contributed by atoms with Gasteiger partial charge in [0.25, 0.3) is 5.91 Å². The average Bonchev–Trinajstić information content (AvgIpc) is 2.68. The minimum atomic E-state index is -0.154. The number of nitrogens with one attached hydrogen (secondary N) is 1. The van der Waals surface area contributed by atoms with E-state index in [0.29, 0.717) is 18.2 Å². The van der Waals surface area contributed by atoms with E-state index in [0.717, 1.165) is 38.4 Å². The predicted molar refractivity (Wildman–Crippen MR) is 109 cm³/mol. The molecule has 2 heterocycles. The number of carbonyl (C=O) groups excluding carboxylic acids is 1. The van der Waals surface area contributed by atoms with E-state index in [9.17, 15) is 4.79 Å². The van der Waals surface area contributed by atoms with Crippen molar-refractivity contribution in [1.29, 1.82) is 0 Å². The van der Waals surface area contributed by atoms with Gasteiger partial charge in [0.2, 0.25) is 0 Å². The quantitative estimate of drug-likeness (QED) is 0.851. The van der Waals surface area contributed by atoms with Crippen LogP contribution in [-0.2, 0) is 0 Å². The van der Waals surface area contributed by atoms with E-state index in [-0.39, 0.29) is 5.91 Å². The number of rotatable bonds is 6. The van der Waals surface area contributed by atoms with Crippen LogP contribution in [0.2, 0.25) is 0 Å². The molecule has 6 heteroatoms. The van der Waals surface area contributed by atoms with Crippen LogP contribution in [0.5, 0.6) is 0 Å². The molecular weight excluding hydrogens is 338 g/mol. The van der Waals surface area contributed by atoms with Gasteiger partial charge >= 0.3 is 0 Å². The Balaban J connectivity index is 1.53. The van der Waals surface area contributed by atoms with Crippen LogP contribution in [0.3, 0.4) is 0 Å². The molecule has 1 aromatic heterocycles. The van der Waals surface area contributed by atoms with Crippen molar-refractivity contribution in [2.45, 2.75) is 27.2 Å². The maximum absolute atomic E-state index is 12.1. The zero-order valence-electron chi connectivity index (χ0n) is 16.5. The lowest BCUT2D eigenvalue weighted by atomic mass is 10.1. The standard InChI is InChI=1S/C21H29N5O/c1-16(2)7-8-22-21(27)19-14-24-20(15-23-19)26-11-9-25(10-12-26)18-6-4-5-17(3)13-18/h4-6,13-16H,7-12H2,1-3H3,(H,22,27). The van der Waals surface area contributed by atoms with Gasteiger partial charge in [-0.05, 0) is 37.0 Å². The van der Waals surface area contributed by atoms with Gasteiger partial charge in [0.1, 0.15) is 11.5 Å². The van der Waals surface area contributed by atoms with Crippen LogP contribution in [0.1, 0.15) is 36.3 Å². The van der Waals surface area contributed by atoms with Crippen molar-refractivity contribution < 1.29 is 4.79 Å². The topological polar surface area (TPSA) is 61.4 Å². The molecule has 0 saturated carbocycles. The molecule has 0 unspecified atom stereocenters. The van der Waals surface area contributed by atoms with Crippen LogP contribution in [0.25, 0.3) is 0 Å². The molecule has 0 spiro atoms. The van der Waals surface area contributed by atoms with Gasteiger partial charge in [-0.3, -0.25) is 4.79 Å². The summed E-state index contributed by atoms with van der Waals surface area (Å²) in [5.74, 6) is 1.24. The molecular formula is C21H29N5O. The number of carbonyl (C=O) groups is 1. The number of aryl methyl sites for hydroxylation is 1. The lowest BCUT2D eigenvalue weighted by Gasteiger charge is -2.36. The van der Waals surface area contributed by atoms with Crippen LogP contribution in [-0.4, -0.2) is 48.6 Å². The van der Waals surface area contributed by atoms with Gasteiger partial charge in [0.05, 0.1) is 12.4 Å². The van der Waals surface area contributed by atoms with Gasteiger partial charge in [-0.15, -0.1) is 0 Å². The normalized spacial score (nSPS) is 14.5. The average molecular weight is 367 g/mol. The van der Waals surface area contributed by atoms with Crippen molar-refractivity contribution in [3.05, 3.63) is 47.9 Å². The van der Waals surface area contributed by atoms with Crippen LogP contribution >= 0.6 is 0 Å². The van der Waals surface area contributed by atoms with Gasteiger partial charge in [0, 0.05) is 38.4 Å². The third kappa shape index (κ3) is 5.18. The van der Waals surface area contributed by atoms with Crippen LogP contribution in [0.4, 0.5) is 11.5 Å². The van der Waals surface area contributed by atoms with E-state index in [2.05, 4.69) is 70.1 Å². The molecule has 1 fully saturated rings. The molecule has 6 nitrogen and oxygen atoms in total. The summed E-state index contributed by atoms with van der Waals surface area (Å²) < 4.78 is 0. The van der Waals surface area contributed by atoms with Crippen LogP contribution < -0.4 is 15.1 Å². The van der Waals surface area contributed by atoms with Crippen molar-refractivity contribution in [3.8, 4) is 0 Å². The number of aromatic nitrogens is 2. The fourth-order valence-corrected chi connectivity index (χ4v) is 3.19. The van der Waals surface area contributed by atoms with Gasteiger partial charge in [-0.25, -0.2) is 9.97 Å². The van der Waals surface area contributed by atoms with Gasteiger partial charge in [-0.2, -0.15) is 0 Å². The number of hydrogen-bond acceptors (Lipinski definition) is 5. The Morgan fingerprint density at radius 3 is 2.48 bits per heavy atom. The SMILES string of the molecule is Cc1cccc(N2CCN(c3cnc(C(=O)NCCC(C)C)cn3)CC2)c1. The van der Waals surface area contributed by atoms with Crippen LogP contribution in [0, 0.1) is 12.8 Å². The number of nitrogens with zero attached hydrogens (tertiary/aromatic N) is 4. The van der Waals surface area contributed by atoms with Gasteiger partial charge in [-0.1, -0.05) is 26.0 Å². The summed E-state index contributed by atoms with van der Waals surface area (Å²) >= 11 is 0. The molecule has 1 saturated heterocycles. The molecule has 0 bridgehead atoms. The largest absolute Gasteiger partial charge is 0.368 e. The summed E-state index contributed by atoms with van der Waals surface area (Å²) in [6.45, 7) is 10.7. The molecule has 0 radical (unpaired) electrons. The Kier molecular flexibility index (Phi) is 6.27. The third-order valence-corrected chi connectivity index (χ3v) is 4.85. The number of amides is 1. The van der Waals surface area contributed by atoms with E-state index < -0.39 is 0 Å². The second-order valence-corrected chi connectivity index (χ2v) is 7.51. The molecule has 2 aromatic rings. The number of anilines is 2. The van der Waals surface area contributed by atoms with E-state index in [4.69, 9.17) is 0 Å². The Morgan fingerprint density at radius 1 is 1.11 bits per heavy atom. The van der Waals surface area contributed by atoms with Crippen LogP contribution in [0.15, 0.2) is 36.7 Å². The molecule has 1 aromatic carbocycles. The lowest BCUT2D eigenvalue weighted by molar-refractivity contribution is 0.0946. The molecule has 0 atom stereocenters. The van der Waals surface area contributed by atoms with E-state index >= 15 is 0 Å². The Labute approximate surface area is 161 Å². The van der Waals surface area contributed by atoms with Gasteiger partial charge in [0.15, 0.2) is 0 Å². The molecule has 1 N–H and O–H groups in total. The molecule has 27 heavy (non-hydrogen) atoms. The summed E-state index contributed by atoms with van der Waals surface area (Å²) in [4.78, 5) is 25.5. The van der Waals surface area contributed by atoms with Crippen molar-refractivity contribution in [1.82, 2.24) is 15.3 Å². The highest BCUT2D eigenvalue weighted by molar-refractivity contribution is 5.91. The number of benzene rings is 1. The monoisotopic (exact) mass is 367 g/mol. The highest BCUT2D eigenvalue weighted by Gasteiger charge is 2.19. The van der Waals surface area contributed by atoms with E-state index in [1.165, 1.54) is 11.3 Å². The predicted octanol–water partition coefficient (Wildman–Crippen LogP) is 2.89. The zero-order chi connectivity index (χ0) is 19.2. The third-order valence-electron chi connectivity index (χ3n) is 4.85. The molecule has 1 aliphatic heterocycles. The highest BCUT2D eigenvalue weighted by Crippen LogP contribution is 2.19. The second-order valence-electron chi connectivity index (χ2n) is 7.51. The van der Waals surface area contributed by atoms with E-state index in [1.54, 1.807) is 12.4 Å². The van der Waals surface area contributed by atoms with Crippen molar-refractivity contribution in [2.24, 2.45) is 5.92 Å². The first-order chi connectivity index (χ1) is 13.0. The smallest absolute Gasteiger partial charge is 0.271 e. The van der Waals surface area contributed by atoms with Crippen molar-refractivity contribution in [2.75, 3.05) is 42.5 Å². The van der Waals surface area contributed by atoms with Crippen molar-refractivity contribution >= 4 is 17.4 Å². The molecule has 3 rings (SSSR count). The van der Waals surface area contributed by atoms with Gasteiger partial charge < -0.3 is 15.1 Å². The fourth-order valence-electron chi connectivity index (χ4n) is 3.19. The van der Waals surface area contributed by atoms with Crippen molar-refractivity contribution in [3.63, 3.8) is 0 Å². The summed E-state index contributed by atoms with van der Waals surface area (Å²) in [6, 6.07) is 8.61.